The summed E-state index contributed by atoms with van der Waals surface area (Å²) in [7, 11) is -0.724. The molecule has 2 aliphatic rings. The van der Waals surface area contributed by atoms with Gasteiger partial charge in [0.1, 0.15) is 19.3 Å². The number of hydrogen-bond donors (Lipinski definition) is 1. The molecule has 27 heavy (non-hydrogen) atoms. The van der Waals surface area contributed by atoms with Crippen molar-refractivity contribution < 1.29 is 27.6 Å². The van der Waals surface area contributed by atoms with E-state index in [1.165, 1.54) is 0 Å². The van der Waals surface area contributed by atoms with E-state index in [0.717, 1.165) is 16.5 Å². The lowest BCUT2D eigenvalue weighted by molar-refractivity contribution is -0.148. The molecular weight excluding hydrogens is 371 g/mol. The first-order chi connectivity index (χ1) is 13.0. The zero-order valence-corrected chi connectivity index (χ0v) is 16.3. The van der Waals surface area contributed by atoms with Crippen molar-refractivity contribution >= 4 is 25.0 Å². The van der Waals surface area contributed by atoms with Crippen molar-refractivity contribution in [2.45, 2.75) is 31.6 Å². The molecule has 4 atom stereocenters. The van der Waals surface area contributed by atoms with Crippen LogP contribution in [-0.4, -0.2) is 48.6 Å². The number of aryl methyl sites for hydroxylation is 1. The molecule has 2 N–H and O–H groups in total. The Bertz CT molecular complexity index is 842. The molecule has 8 nitrogen and oxygen atoms in total. The normalized spacial score (nSPS) is 28.0. The first kappa shape index (κ1) is 18.8. The summed E-state index contributed by atoms with van der Waals surface area (Å²) in [4.78, 5) is 12.4. The van der Waals surface area contributed by atoms with Gasteiger partial charge in [-0.25, -0.2) is 0 Å². The largest absolute Gasteiger partial charge is 0.576 e. The number of carbonyl (C=O) groups is 1. The van der Waals surface area contributed by atoms with Gasteiger partial charge in [0.2, 0.25) is 0 Å². The Morgan fingerprint density at radius 2 is 2.22 bits per heavy atom. The lowest BCUT2D eigenvalue weighted by Crippen LogP contribution is -2.38. The predicted octanol–water partition coefficient (Wildman–Crippen LogP) is 2.12. The van der Waals surface area contributed by atoms with Crippen LogP contribution in [-0.2, 0) is 41.1 Å². The van der Waals surface area contributed by atoms with E-state index in [9.17, 15) is 4.79 Å². The van der Waals surface area contributed by atoms with Gasteiger partial charge in [-0.05, 0) is 18.6 Å². The molecule has 2 saturated heterocycles. The highest BCUT2D eigenvalue weighted by molar-refractivity contribution is 7.57. The molecule has 0 radical (unpaired) electrons. The average Bonchev–Trinajstić information content (AvgIpc) is 3.32. The number of carbonyl (C=O) groups excluding carboxylic acids is 1. The van der Waals surface area contributed by atoms with Gasteiger partial charge in [0.15, 0.2) is 12.2 Å². The molecule has 4 rings (SSSR count). The Balaban J connectivity index is 1.34. The Morgan fingerprint density at radius 1 is 1.41 bits per heavy atom. The molecule has 146 valence electrons. The lowest BCUT2D eigenvalue weighted by atomic mass is 10.1. The van der Waals surface area contributed by atoms with Gasteiger partial charge in [0.25, 0.3) is 0 Å². The van der Waals surface area contributed by atoms with Gasteiger partial charge in [-0.15, -0.1) is 9.05 Å². The van der Waals surface area contributed by atoms with E-state index >= 15 is 0 Å². The average molecular weight is 395 g/mol. The van der Waals surface area contributed by atoms with Gasteiger partial charge >= 0.3 is 14.1 Å². The number of nitrogens with two attached hydrogens (primary N) is 1. The van der Waals surface area contributed by atoms with Gasteiger partial charge < -0.3 is 15.0 Å². The Morgan fingerprint density at radius 3 is 3.04 bits per heavy atom. The second kappa shape index (κ2) is 7.47. The van der Waals surface area contributed by atoms with Gasteiger partial charge in [-0.1, -0.05) is 18.2 Å². The Hall–Kier alpha value is -1.54. The van der Waals surface area contributed by atoms with E-state index in [1.807, 2.05) is 49.0 Å². The van der Waals surface area contributed by atoms with E-state index in [0.29, 0.717) is 19.6 Å². The van der Waals surface area contributed by atoms with Gasteiger partial charge in [-0.2, -0.15) is 9.05 Å². The minimum Gasteiger partial charge on any atom is -0.461 e. The third kappa shape index (κ3) is 3.61. The van der Waals surface area contributed by atoms with E-state index in [-0.39, 0.29) is 18.8 Å². The van der Waals surface area contributed by atoms with E-state index < -0.39 is 20.2 Å². The summed E-state index contributed by atoms with van der Waals surface area (Å²) in [6, 6.07) is 7.28. The number of fused-ring (bicyclic) bond motifs is 3. The van der Waals surface area contributed by atoms with Crippen molar-refractivity contribution in [3.63, 3.8) is 0 Å². The van der Waals surface area contributed by atoms with Crippen LogP contribution in [0.5, 0.6) is 0 Å². The fourth-order valence-electron chi connectivity index (χ4n) is 3.43. The monoisotopic (exact) mass is 395 g/mol. The maximum Gasteiger partial charge on any atom is 0.576 e. The van der Waals surface area contributed by atoms with E-state index in [4.69, 9.17) is 28.6 Å². The molecule has 3 heterocycles. The van der Waals surface area contributed by atoms with Gasteiger partial charge in [-0.3, -0.25) is 4.79 Å². The molecule has 1 aromatic carbocycles. The van der Waals surface area contributed by atoms with E-state index in [2.05, 4.69) is 0 Å². The quantitative estimate of drug-likeness (QED) is 0.567. The topological polar surface area (TPSA) is 94.2 Å². The number of esters is 1. The minimum absolute atomic E-state index is 0.0743. The maximum atomic E-state index is 12.4. The molecule has 1 aromatic heterocycles. The fraction of sp³-hybridized carbons (Fsp3) is 0.500. The van der Waals surface area contributed by atoms with Crippen molar-refractivity contribution in [3.8, 4) is 0 Å². The molecule has 2 fully saturated rings. The third-order valence-corrected chi connectivity index (χ3v) is 6.84. The second-order valence-corrected chi connectivity index (χ2v) is 8.50. The number of ether oxygens (including phenoxy) is 1. The standard InChI is InChI=1S/C18H24N2O6P/c1-3-23-27-24-11-17(26-27)16(25-27)10-22-18(21)14(19)8-12-9-20(2)15-7-5-4-6-13(12)15/h4-7,9,14,16-17H,3,8,10-11,19H2,1-2H3/q+1. The van der Waals surface area contributed by atoms with Crippen molar-refractivity contribution in [1.82, 2.24) is 4.57 Å². The van der Waals surface area contributed by atoms with Crippen LogP contribution in [0.1, 0.15) is 12.5 Å². The van der Waals surface area contributed by atoms with Crippen molar-refractivity contribution in [2.75, 3.05) is 19.8 Å². The zero-order valence-electron chi connectivity index (χ0n) is 15.4. The van der Waals surface area contributed by atoms with Crippen LogP contribution in [0.4, 0.5) is 0 Å². The molecule has 2 aliphatic heterocycles. The molecule has 2 bridgehead atoms. The van der Waals surface area contributed by atoms with Crippen LogP contribution < -0.4 is 5.73 Å². The minimum atomic E-state index is -2.70. The highest BCUT2D eigenvalue weighted by Crippen LogP contribution is 2.73. The smallest absolute Gasteiger partial charge is 0.461 e. The second-order valence-electron chi connectivity index (χ2n) is 6.67. The third-order valence-electron chi connectivity index (χ3n) is 4.74. The Kier molecular flexibility index (Phi) is 5.20. The zero-order chi connectivity index (χ0) is 19.0. The van der Waals surface area contributed by atoms with Crippen molar-refractivity contribution in [3.05, 3.63) is 36.0 Å². The summed E-state index contributed by atoms with van der Waals surface area (Å²) >= 11 is 0. The SMILES string of the molecule is CCO[P+]12OCC(O1)C(COC(=O)C(N)Cc1cn(C)c3ccccc13)O2. The van der Waals surface area contributed by atoms with Crippen LogP contribution in [0.3, 0.4) is 0 Å². The highest BCUT2D eigenvalue weighted by atomic mass is 31.2. The maximum absolute atomic E-state index is 12.4. The molecule has 0 spiro atoms. The summed E-state index contributed by atoms with van der Waals surface area (Å²) in [5.74, 6) is -0.459. The summed E-state index contributed by atoms with van der Waals surface area (Å²) in [6.45, 7) is 2.74. The summed E-state index contributed by atoms with van der Waals surface area (Å²) < 4.78 is 29.7. The van der Waals surface area contributed by atoms with Gasteiger partial charge in [0.05, 0.1) is 6.61 Å². The molecule has 0 aliphatic carbocycles. The fourth-order valence-corrected chi connectivity index (χ4v) is 5.50. The van der Waals surface area contributed by atoms with Crippen molar-refractivity contribution in [1.29, 1.82) is 0 Å². The molecule has 2 aromatic rings. The molecule has 4 unspecified atom stereocenters. The number of benzene rings is 1. The molecule has 0 amide bonds. The summed E-state index contributed by atoms with van der Waals surface area (Å²) in [6.07, 6.45) is 1.75. The highest BCUT2D eigenvalue weighted by Gasteiger charge is 2.68. The number of nitrogens with zero attached hydrogens (tertiary/aromatic N) is 1. The number of rotatable bonds is 7. The van der Waals surface area contributed by atoms with Crippen molar-refractivity contribution in [2.24, 2.45) is 12.8 Å². The van der Waals surface area contributed by atoms with Crippen LogP contribution in [0.15, 0.2) is 30.5 Å². The first-order valence-corrected chi connectivity index (χ1v) is 10.5. The summed E-state index contributed by atoms with van der Waals surface area (Å²) in [5, 5.41) is 1.09. The van der Waals surface area contributed by atoms with Crippen LogP contribution in [0, 0.1) is 0 Å². The molecule has 9 heteroatoms. The lowest BCUT2D eigenvalue weighted by Gasteiger charge is -2.17. The molecule has 0 saturated carbocycles. The number of aromatic nitrogens is 1. The van der Waals surface area contributed by atoms with E-state index in [1.54, 1.807) is 0 Å². The van der Waals surface area contributed by atoms with Crippen LogP contribution in [0.25, 0.3) is 10.9 Å². The Labute approximate surface area is 158 Å². The first-order valence-electron chi connectivity index (χ1n) is 9.01. The van der Waals surface area contributed by atoms with Crippen LogP contribution >= 0.6 is 8.17 Å². The summed E-state index contributed by atoms with van der Waals surface area (Å²) in [5.41, 5.74) is 8.21. The van der Waals surface area contributed by atoms with Gasteiger partial charge in [0, 0.05) is 30.6 Å². The molecular formula is C18H24N2O6P+. The number of hydrogen-bond acceptors (Lipinski definition) is 7. The predicted molar refractivity (Wildman–Crippen MR) is 99.8 cm³/mol. The number of para-hydroxylation sites is 1. The van der Waals surface area contributed by atoms with Crippen LogP contribution in [0.2, 0.25) is 0 Å².